The first-order valence-electron chi connectivity index (χ1n) is 12.8. The van der Waals surface area contributed by atoms with Crippen LogP contribution in [0.2, 0.25) is 0 Å². The maximum atomic E-state index is 12.3. The quantitative estimate of drug-likeness (QED) is 0.211. The van der Waals surface area contributed by atoms with Crippen molar-refractivity contribution in [2.45, 2.75) is 0 Å². The number of rotatable bonds is 6. The molecule has 200 valence electrons. The van der Waals surface area contributed by atoms with Gasteiger partial charge in [-0.25, -0.2) is 19.5 Å². The molecule has 0 atom stereocenters. The summed E-state index contributed by atoms with van der Waals surface area (Å²) >= 11 is 0. The van der Waals surface area contributed by atoms with Crippen LogP contribution in [0.25, 0.3) is 44.7 Å². The summed E-state index contributed by atoms with van der Waals surface area (Å²) in [6, 6.07) is 31.5. The molecule has 0 saturated heterocycles. The minimum atomic E-state index is -1.14. The topological polar surface area (TPSA) is 108 Å². The van der Waals surface area contributed by atoms with Crippen molar-refractivity contribution in [1.82, 2.24) is 15.0 Å². The molecule has 0 unspecified atom stereocenters. The van der Waals surface area contributed by atoms with Crippen LogP contribution < -0.4 is 4.90 Å². The van der Waals surface area contributed by atoms with Gasteiger partial charge in [-0.15, -0.1) is 0 Å². The maximum absolute atomic E-state index is 12.3. The van der Waals surface area contributed by atoms with E-state index >= 15 is 0 Å². The second-order valence-corrected chi connectivity index (χ2v) is 9.31. The van der Waals surface area contributed by atoms with E-state index in [9.17, 15) is 14.7 Å². The van der Waals surface area contributed by atoms with E-state index in [1.807, 2.05) is 72.8 Å². The Balaban J connectivity index is 1.39. The number of imidazole rings is 1. The number of hydrogen-bond acceptors (Lipinski definition) is 5. The minimum Gasteiger partial charge on any atom is -0.465 e. The Kier molecular flexibility index (Phi) is 6.71. The summed E-state index contributed by atoms with van der Waals surface area (Å²) in [7, 11) is 1.30. The number of hydrogen-bond donors (Lipinski definition) is 2. The lowest BCUT2D eigenvalue weighted by Gasteiger charge is -2.20. The van der Waals surface area contributed by atoms with E-state index in [1.54, 1.807) is 42.7 Å². The van der Waals surface area contributed by atoms with Gasteiger partial charge in [0, 0.05) is 29.1 Å². The maximum Gasteiger partial charge on any atom is 0.416 e. The molecule has 6 aromatic rings. The number of carbonyl (C=O) groups excluding carboxylic acids is 1. The van der Waals surface area contributed by atoms with Gasteiger partial charge in [-0.3, -0.25) is 4.98 Å². The van der Waals surface area contributed by atoms with Gasteiger partial charge in [0.25, 0.3) is 0 Å². The van der Waals surface area contributed by atoms with Gasteiger partial charge in [-0.2, -0.15) is 0 Å². The van der Waals surface area contributed by atoms with E-state index in [1.165, 1.54) is 12.0 Å². The number of H-pyrrole nitrogens is 1. The van der Waals surface area contributed by atoms with E-state index in [-0.39, 0.29) is 0 Å². The summed E-state index contributed by atoms with van der Waals surface area (Å²) in [5.74, 6) is 0.276. The van der Waals surface area contributed by atoms with Crippen LogP contribution in [-0.2, 0) is 4.74 Å². The third-order valence-electron chi connectivity index (χ3n) is 6.81. The van der Waals surface area contributed by atoms with Crippen molar-refractivity contribution in [2.24, 2.45) is 0 Å². The van der Waals surface area contributed by atoms with Gasteiger partial charge in [0.15, 0.2) is 0 Å². The highest BCUT2D eigenvalue weighted by Crippen LogP contribution is 2.36. The Morgan fingerprint density at radius 3 is 2.15 bits per heavy atom. The largest absolute Gasteiger partial charge is 0.465 e. The van der Waals surface area contributed by atoms with Crippen LogP contribution in [-0.4, -0.2) is 39.2 Å². The molecule has 0 spiro atoms. The fourth-order valence-corrected chi connectivity index (χ4v) is 4.80. The molecule has 41 heavy (non-hydrogen) atoms. The Bertz CT molecular complexity index is 1870. The van der Waals surface area contributed by atoms with Crippen LogP contribution in [0.4, 0.5) is 16.2 Å². The molecule has 6 rings (SSSR count). The van der Waals surface area contributed by atoms with Crippen LogP contribution >= 0.6 is 0 Å². The van der Waals surface area contributed by atoms with Crippen molar-refractivity contribution in [1.29, 1.82) is 0 Å². The normalized spacial score (nSPS) is 10.9. The second kappa shape index (κ2) is 10.8. The van der Waals surface area contributed by atoms with Crippen molar-refractivity contribution >= 4 is 34.2 Å². The first-order valence-corrected chi connectivity index (χ1v) is 12.8. The molecule has 0 bridgehead atoms. The Labute approximate surface area is 235 Å². The zero-order valence-corrected chi connectivity index (χ0v) is 22.0. The molecule has 0 aliphatic heterocycles. The van der Waals surface area contributed by atoms with Gasteiger partial charge in [-0.1, -0.05) is 48.5 Å². The molecule has 4 aromatic carbocycles. The lowest BCUT2D eigenvalue weighted by Crippen LogP contribution is -2.23. The average Bonchev–Trinajstić information content (AvgIpc) is 3.47. The van der Waals surface area contributed by atoms with E-state index in [0.29, 0.717) is 16.9 Å². The molecule has 2 N–H and O–H groups in total. The van der Waals surface area contributed by atoms with Crippen LogP contribution in [0.15, 0.2) is 116 Å². The number of carbonyl (C=O) groups is 2. The number of ether oxygens (including phenoxy) is 1. The number of methoxy groups -OCH3 is 1. The molecule has 0 aliphatic rings. The SMILES string of the molecule is COC(=O)c1ccc(N(C(=O)O)c2ccc3cc(-c4nc(-c5ccccc5)[nH]c4-c4ccncc4)ccc3c2)cc1. The Hall–Kier alpha value is -5.76. The number of nitrogens with zero attached hydrogens (tertiary/aromatic N) is 3. The van der Waals surface area contributed by atoms with E-state index < -0.39 is 12.1 Å². The minimum absolute atomic E-state index is 0.340. The molecule has 2 heterocycles. The second-order valence-electron chi connectivity index (χ2n) is 9.31. The number of fused-ring (bicyclic) bond motifs is 1. The number of pyridine rings is 1. The first-order chi connectivity index (χ1) is 20.0. The van der Waals surface area contributed by atoms with E-state index in [0.717, 1.165) is 44.7 Å². The summed E-state index contributed by atoms with van der Waals surface area (Å²) in [6.45, 7) is 0. The molecule has 0 fully saturated rings. The third-order valence-corrected chi connectivity index (χ3v) is 6.81. The lowest BCUT2D eigenvalue weighted by molar-refractivity contribution is 0.0600. The molecule has 0 saturated carbocycles. The fraction of sp³-hybridized carbons (Fsp3) is 0.0303. The molecule has 0 radical (unpaired) electrons. The smallest absolute Gasteiger partial charge is 0.416 e. The first kappa shape index (κ1) is 25.5. The van der Waals surface area contributed by atoms with Gasteiger partial charge in [-0.05, 0) is 65.4 Å². The van der Waals surface area contributed by atoms with Gasteiger partial charge in [0.2, 0.25) is 0 Å². The van der Waals surface area contributed by atoms with E-state index in [2.05, 4.69) is 9.97 Å². The summed E-state index contributed by atoms with van der Waals surface area (Å²) in [5.41, 5.74) is 5.79. The molecular formula is C33H24N4O4. The molecule has 8 nitrogen and oxygen atoms in total. The van der Waals surface area contributed by atoms with E-state index in [4.69, 9.17) is 9.72 Å². The fourth-order valence-electron chi connectivity index (χ4n) is 4.80. The molecule has 2 aromatic heterocycles. The predicted molar refractivity (Wildman–Crippen MR) is 158 cm³/mol. The molecule has 1 amide bonds. The Morgan fingerprint density at radius 2 is 1.44 bits per heavy atom. The van der Waals surface area contributed by atoms with Crippen LogP contribution in [0, 0.1) is 0 Å². The zero-order chi connectivity index (χ0) is 28.3. The number of aromatic amines is 1. The summed E-state index contributed by atoms with van der Waals surface area (Å²) in [4.78, 5) is 37.8. The standard InChI is InChI=1S/C33H24N4O4/c1-41-32(38)23-9-12-27(13-10-23)37(33(39)40)28-14-11-24-19-26(8-7-25(24)20-28)30-29(21-15-17-34-18-16-21)35-31(36-30)22-5-3-2-4-6-22/h2-20H,1H3,(H,35,36)(H,39,40). The highest BCUT2D eigenvalue weighted by Gasteiger charge is 2.19. The summed E-state index contributed by atoms with van der Waals surface area (Å²) in [5, 5.41) is 11.8. The average molecular weight is 541 g/mol. The zero-order valence-electron chi connectivity index (χ0n) is 22.0. The van der Waals surface area contributed by atoms with Crippen LogP contribution in [0.3, 0.4) is 0 Å². The number of esters is 1. The van der Waals surface area contributed by atoms with Gasteiger partial charge in [0.05, 0.1) is 35.4 Å². The molecular weight excluding hydrogens is 516 g/mol. The van der Waals surface area contributed by atoms with Crippen molar-refractivity contribution in [2.75, 3.05) is 12.0 Å². The van der Waals surface area contributed by atoms with Crippen LogP contribution in [0.5, 0.6) is 0 Å². The monoisotopic (exact) mass is 540 g/mol. The van der Waals surface area contributed by atoms with Crippen LogP contribution in [0.1, 0.15) is 10.4 Å². The van der Waals surface area contributed by atoms with Gasteiger partial charge < -0.3 is 14.8 Å². The summed E-state index contributed by atoms with van der Waals surface area (Å²) in [6.07, 6.45) is 2.36. The predicted octanol–water partition coefficient (Wildman–Crippen LogP) is 7.56. The number of carboxylic acid groups (broad SMARTS) is 1. The van der Waals surface area contributed by atoms with Crippen molar-refractivity contribution in [3.63, 3.8) is 0 Å². The number of benzene rings is 4. The molecule has 8 heteroatoms. The summed E-state index contributed by atoms with van der Waals surface area (Å²) < 4.78 is 4.74. The van der Waals surface area contributed by atoms with Gasteiger partial charge in [0.1, 0.15) is 5.82 Å². The van der Waals surface area contributed by atoms with Crippen molar-refractivity contribution in [3.8, 4) is 33.9 Å². The number of anilines is 2. The van der Waals surface area contributed by atoms with Gasteiger partial charge >= 0.3 is 12.1 Å². The number of nitrogens with one attached hydrogen (secondary N) is 1. The molecule has 0 aliphatic carbocycles. The number of aromatic nitrogens is 3. The highest BCUT2D eigenvalue weighted by atomic mass is 16.5. The highest BCUT2D eigenvalue weighted by molar-refractivity contribution is 5.99. The third kappa shape index (κ3) is 5.02. The van der Waals surface area contributed by atoms with Crippen molar-refractivity contribution in [3.05, 3.63) is 121 Å². The Morgan fingerprint density at radius 1 is 0.756 bits per heavy atom. The lowest BCUT2D eigenvalue weighted by atomic mass is 10.0. The van der Waals surface area contributed by atoms with Crippen molar-refractivity contribution < 1.29 is 19.4 Å². The number of amides is 1.